The average molecular weight is 358 g/mol. The molecule has 3 rings (SSSR count). The minimum absolute atomic E-state index is 0.0190. The Morgan fingerprint density at radius 2 is 1.95 bits per heavy atom. The molecule has 0 fully saturated rings. The summed E-state index contributed by atoms with van der Waals surface area (Å²) in [4.78, 5) is 1.22. The van der Waals surface area contributed by atoms with Crippen molar-refractivity contribution in [2.24, 2.45) is 0 Å². The van der Waals surface area contributed by atoms with Gasteiger partial charge in [-0.2, -0.15) is 0 Å². The van der Waals surface area contributed by atoms with E-state index in [-0.39, 0.29) is 6.04 Å². The van der Waals surface area contributed by atoms with E-state index in [0.29, 0.717) is 15.8 Å². The van der Waals surface area contributed by atoms with Gasteiger partial charge < -0.3 is 10.1 Å². The van der Waals surface area contributed by atoms with Gasteiger partial charge >= 0.3 is 0 Å². The fourth-order valence-corrected chi connectivity index (χ4v) is 5.06. The van der Waals surface area contributed by atoms with Gasteiger partial charge in [0.1, 0.15) is 5.75 Å². The number of ether oxygens (including phenoxy) is 1. The maximum atomic E-state index is 6.40. The Bertz CT molecular complexity index is 753. The molecule has 21 heavy (non-hydrogen) atoms. The maximum absolute atomic E-state index is 6.40. The van der Waals surface area contributed by atoms with Crippen molar-refractivity contribution < 1.29 is 4.74 Å². The van der Waals surface area contributed by atoms with E-state index in [1.165, 1.54) is 14.3 Å². The van der Waals surface area contributed by atoms with Crippen LogP contribution in [0.25, 0.3) is 9.40 Å². The smallest absolute Gasteiger partial charge is 0.138 e. The number of benzene rings is 1. The number of halogens is 2. The van der Waals surface area contributed by atoms with E-state index in [4.69, 9.17) is 27.9 Å². The number of nitrogens with one attached hydrogen (secondary N) is 1. The Balaban J connectivity index is 2.07. The van der Waals surface area contributed by atoms with Gasteiger partial charge in [-0.15, -0.1) is 22.7 Å². The lowest BCUT2D eigenvalue weighted by atomic mass is 10.1. The molecule has 0 saturated carbocycles. The predicted octanol–water partition coefficient (Wildman–Crippen LogP) is 5.59. The maximum Gasteiger partial charge on any atom is 0.138 e. The van der Waals surface area contributed by atoms with Gasteiger partial charge in [-0.1, -0.05) is 23.2 Å². The van der Waals surface area contributed by atoms with E-state index < -0.39 is 0 Å². The zero-order valence-corrected chi connectivity index (χ0v) is 14.6. The number of rotatable bonds is 4. The summed E-state index contributed by atoms with van der Waals surface area (Å²) in [6.07, 6.45) is 0. The quantitative estimate of drug-likeness (QED) is 0.657. The molecule has 0 aliphatic carbocycles. The van der Waals surface area contributed by atoms with E-state index in [2.05, 4.69) is 22.8 Å². The van der Waals surface area contributed by atoms with Crippen molar-refractivity contribution in [2.45, 2.75) is 6.04 Å². The molecule has 0 aliphatic rings. The molecule has 0 radical (unpaired) electrons. The van der Waals surface area contributed by atoms with Gasteiger partial charge in [-0.05, 0) is 36.2 Å². The molecule has 0 spiro atoms. The fraction of sp³-hybridized carbons (Fsp3) is 0.200. The molecule has 0 amide bonds. The number of fused-ring (bicyclic) bond motifs is 1. The molecule has 1 unspecified atom stereocenters. The summed E-state index contributed by atoms with van der Waals surface area (Å²) in [5.41, 5.74) is 0.957. The van der Waals surface area contributed by atoms with Crippen LogP contribution >= 0.6 is 45.9 Å². The molecular weight excluding hydrogens is 345 g/mol. The van der Waals surface area contributed by atoms with Crippen LogP contribution in [0.3, 0.4) is 0 Å². The van der Waals surface area contributed by atoms with Crippen LogP contribution in [0.1, 0.15) is 16.5 Å². The van der Waals surface area contributed by atoms with Gasteiger partial charge in [-0.25, -0.2) is 0 Å². The molecule has 1 aromatic carbocycles. The monoisotopic (exact) mass is 357 g/mol. The Labute approximate surface area is 141 Å². The van der Waals surface area contributed by atoms with Crippen LogP contribution in [-0.2, 0) is 0 Å². The SMILES string of the molecule is CNC(c1cc2sccc2s1)c1cc(Cl)c(OC)cc1Cl. The molecule has 2 nitrogen and oxygen atoms in total. The van der Waals surface area contributed by atoms with Crippen LogP contribution in [0, 0.1) is 0 Å². The highest BCUT2D eigenvalue weighted by atomic mass is 35.5. The van der Waals surface area contributed by atoms with Crippen molar-refractivity contribution in [1.82, 2.24) is 5.32 Å². The molecule has 2 aromatic heterocycles. The third-order valence-electron chi connectivity index (χ3n) is 3.31. The zero-order valence-electron chi connectivity index (χ0n) is 11.4. The molecular formula is C15H13Cl2NOS2. The predicted molar refractivity (Wildman–Crippen MR) is 93.6 cm³/mol. The first-order chi connectivity index (χ1) is 10.1. The van der Waals surface area contributed by atoms with Crippen LogP contribution < -0.4 is 10.1 Å². The highest BCUT2D eigenvalue weighted by Gasteiger charge is 2.20. The minimum Gasteiger partial charge on any atom is -0.495 e. The second-order valence-electron chi connectivity index (χ2n) is 4.53. The van der Waals surface area contributed by atoms with Gasteiger partial charge in [0, 0.05) is 25.4 Å². The summed E-state index contributed by atoms with van der Waals surface area (Å²) < 4.78 is 7.80. The minimum atomic E-state index is 0.0190. The molecule has 110 valence electrons. The molecule has 0 bridgehead atoms. The first-order valence-corrected chi connectivity index (χ1v) is 8.76. The Morgan fingerprint density at radius 1 is 1.14 bits per heavy atom. The van der Waals surface area contributed by atoms with E-state index in [0.717, 1.165) is 5.56 Å². The van der Waals surface area contributed by atoms with Crippen LogP contribution in [0.2, 0.25) is 10.0 Å². The van der Waals surface area contributed by atoms with Crippen molar-refractivity contribution in [3.8, 4) is 5.75 Å². The van der Waals surface area contributed by atoms with Crippen LogP contribution in [0.15, 0.2) is 29.6 Å². The van der Waals surface area contributed by atoms with Crippen molar-refractivity contribution in [3.05, 3.63) is 50.1 Å². The van der Waals surface area contributed by atoms with Crippen molar-refractivity contribution in [1.29, 1.82) is 0 Å². The van der Waals surface area contributed by atoms with E-state index in [1.807, 2.05) is 13.1 Å². The lowest BCUT2D eigenvalue weighted by molar-refractivity contribution is 0.415. The topological polar surface area (TPSA) is 21.3 Å². The second kappa shape index (κ2) is 6.15. The van der Waals surface area contributed by atoms with Crippen LogP contribution in [0.5, 0.6) is 5.75 Å². The van der Waals surface area contributed by atoms with Crippen molar-refractivity contribution in [3.63, 3.8) is 0 Å². The van der Waals surface area contributed by atoms with Crippen LogP contribution in [0.4, 0.5) is 0 Å². The normalized spacial score (nSPS) is 12.8. The third-order valence-corrected chi connectivity index (χ3v) is 6.09. The van der Waals surface area contributed by atoms with Crippen molar-refractivity contribution in [2.75, 3.05) is 14.2 Å². The van der Waals surface area contributed by atoms with Crippen LogP contribution in [-0.4, -0.2) is 14.2 Å². The second-order valence-corrected chi connectivity index (χ2v) is 7.41. The number of hydrogen-bond donors (Lipinski definition) is 1. The lowest BCUT2D eigenvalue weighted by Crippen LogP contribution is -2.17. The fourth-order valence-electron chi connectivity index (χ4n) is 2.30. The average Bonchev–Trinajstić information content (AvgIpc) is 3.04. The summed E-state index contributed by atoms with van der Waals surface area (Å²) in [6, 6.07) is 8.01. The zero-order chi connectivity index (χ0) is 15.0. The first kappa shape index (κ1) is 15.1. The summed E-state index contributed by atoms with van der Waals surface area (Å²) in [6.45, 7) is 0. The van der Waals surface area contributed by atoms with Gasteiger partial charge in [0.2, 0.25) is 0 Å². The number of hydrogen-bond acceptors (Lipinski definition) is 4. The summed E-state index contributed by atoms with van der Waals surface area (Å²) in [5, 5.41) is 6.64. The Hall–Kier alpha value is -0.780. The van der Waals surface area contributed by atoms with Gasteiger partial charge in [0.05, 0.1) is 18.2 Å². The summed E-state index contributed by atoms with van der Waals surface area (Å²) in [7, 11) is 3.51. The molecule has 0 aliphatic heterocycles. The highest BCUT2D eigenvalue weighted by molar-refractivity contribution is 7.27. The summed E-state index contributed by atoms with van der Waals surface area (Å²) >= 11 is 16.2. The molecule has 1 atom stereocenters. The Kier molecular flexibility index (Phi) is 4.43. The first-order valence-electron chi connectivity index (χ1n) is 6.31. The molecule has 2 heterocycles. The van der Waals surface area contributed by atoms with Crippen molar-refractivity contribution >= 4 is 55.3 Å². The highest BCUT2D eigenvalue weighted by Crippen LogP contribution is 2.40. The largest absolute Gasteiger partial charge is 0.495 e. The van der Waals surface area contributed by atoms with Gasteiger partial charge in [-0.3, -0.25) is 0 Å². The van der Waals surface area contributed by atoms with Gasteiger partial charge in [0.15, 0.2) is 0 Å². The number of methoxy groups -OCH3 is 1. The summed E-state index contributed by atoms with van der Waals surface area (Å²) in [5.74, 6) is 0.590. The van der Waals surface area contributed by atoms with E-state index >= 15 is 0 Å². The van der Waals surface area contributed by atoms with E-state index in [9.17, 15) is 0 Å². The third kappa shape index (κ3) is 2.79. The molecule has 6 heteroatoms. The lowest BCUT2D eigenvalue weighted by Gasteiger charge is -2.18. The molecule has 3 aromatic rings. The number of thiophene rings is 2. The molecule has 0 saturated heterocycles. The molecule has 1 N–H and O–H groups in total. The Morgan fingerprint density at radius 3 is 2.62 bits per heavy atom. The van der Waals surface area contributed by atoms with Gasteiger partial charge in [0.25, 0.3) is 0 Å². The van der Waals surface area contributed by atoms with E-state index in [1.54, 1.807) is 35.8 Å². The standard InChI is InChI=1S/C15H13Cl2NOS2/c1-18-15(14-7-13-12(21-14)3-4-20-13)8-5-10(17)11(19-2)6-9(8)16/h3-7,15,18H,1-2H3.